The topological polar surface area (TPSA) is 12.5 Å². The first kappa shape index (κ1) is 13.9. The maximum atomic E-state index is 6.06. The van der Waals surface area contributed by atoms with Crippen molar-refractivity contribution < 1.29 is 4.74 Å². The van der Waals surface area contributed by atoms with E-state index in [2.05, 4.69) is 48.5 Å². The second-order valence-corrected chi connectivity index (χ2v) is 6.08. The highest BCUT2D eigenvalue weighted by Crippen LogP contribution is 2.30. The van der Waals surface area contributed by atoms with Crippen molar-refractivity contribution in [3.63, 3.8) is 0 Å². The Morgan fingerprint density at radius 2 is 2.11 bits per heavy atom. The highest BCUT2D eigenvalue weighted by molar-refractivity contribution is 7.97. The van der Waals surface area contributed by atoms with E-state index in [4.69, 9.17) is 4.74 Å². The maximum absolute atomic E-state index is 6.06. The van der Waals surface area contributed by atoms with Gasteiger partial charge in [-0.3, -0.25) is 0 Å². The zero-order valence-electron chi connectivity index (χ0n) is 11.3. The molecule has 0 spiro atoms. The van der Waals surface area contributed by atoms with E-state index in [0.29, 0.717) is 5.92 Å². The predicted octanol–water partition coefficient (Wildman–Crippen LogP) is 3.75. The molecule has 1 fully saturated rings. The molecule has 0 saturated carbocycles. The van der Waals surface area contributed by atoms with Crippen LogP contribution in [0.5, 0.6) is 0 Å². The van der Waals surface area contributed by atoms with Crippen molar-refractivity contribution >= 4 is 11.9 Å². The van der Waals surface area contributed by atoms with Crippen LogP contribution >= 0.6 is 11.9 Å². The van der Waals surface area contributed by atoms with Crippen LogP contribution in [-0.4, -0.2) is 29.8 Å². The molecule has 0 aliphatic carbocycles. The van der Waals surface area contributed by atoms with Gasteiger partial charge in [0.25, 0.3) is 0 Å². The summed E-state index contributed by atoms with van der Waals surface area (Å²) in [6.45, 7) is 7.52. The number of rotatable bonds is 4. The third-order valence-electron chi connectivity index (χ3n) is 3.25. The van der Waals surface area contributed by atoms with Crippen LogP contribution < -0.4 is 0 Å². The summed E-state index contributed by atoms with van der Waals surface area (Å²) in [5, 5.41) is 0. The van der Waals surface area contributed by atoms with Crippen molar-refractivity contribution in [2.75, 3.05) is 25.4 Å². The fraction of sp³-hybridized carbons (Fsp3) is 0.600. The van der Waals surface area contributed by atoms with Gasteiger partial charge in [0.2, 0.25) is 0 Å². The average molecular weight is 265 g/mol. The molecule has 1 aliphatic heterocycles. The molecule has 2 atom stereocenters. The van der Waals surface area contributed by atoms with Crippen LogP contribution in [0.25, 0.3) is 0 Å². The van der Waals surface area contributed by atoms with Crippen LogP contribution in [0.15, 0.2) is 30.3 Å². The summed E-state index contributed by atoms with van der Waals surface area (Å²) in [6, 6.07) is 10.6. The monoisotopic (exact) mass is 265 g/mol. The summed E-state index contributed by atoms with van der Waals surface area (Å²) in [5.74, 6) is 1.75. The number of nitrogens with zero attached hydrogens (tertiary/aromatic N) is 1. The molecule has 1 aromatic rings. The summed E-state index contributed by atoms with van der Waals surface area (Å²) in [4.78, 5) is 0. The second kappa shape index (κ2) is 7.17. The van der Waals surface area contributed by atoms with Gasteiger partial charge >= 0.3 is 0 Å². The summed E-state index contributed by atoms with van der Waals surface area (Å²) >= 11 is 1.97. The second-order valence-electron chi connectivity index (χ2n) is 4.90. The van der Waals surface area contributed by atoms with E-state index >= 15 is 0 Å². The van der Waals surface area contributed by atoms with Gasteiger partial charge in [-0.25, -0.2) is 4.31 Å². The molecule has 100 valence electrons. The third kappa shape index (κ3) is 3.74. The fourth-order valence-corrected chi connectivity index (χ4v) is 3.34. The maximum Gasteiger partial charge on any atom is 0.0863 e. The van der Waals surface area contributed by atoms with Crippen LogP contribution in [-0.2, 0) is 4.74 Å². The standard InChI is InChI=1S/C15H23NOS/c1-3-11-18-16-9-10-17-15(13(2)12-16)14-7-5-4-6-8-14/h4-8,13,15H,3,9-12H2,1-2H3. The van der Waals surface area contributed by atoms with Crippen molar-refractivity contribution in [2.45, 2.75) is 26.4 Å². The Morgan fingerprint density at radius 3 is 2.83 bits per heavy atom. The predicted molar refractivity (Wildman–Crippen MR) is 78.6 cm³/mol. The van der Waals surface area contributed by atoms with Gasteiger partial charge in [0, 0.05) is 24.8 Å². The highest BCUT2D eigenvalue weighted by Gasteiger charge is 2.25. The molecule has 1 saturated heterocycles. The van der Waals surface area contributed by atoms with Crippen LogP contribution in [0.1, 0.15) is 31.9 Å². The van der Waals surface area contributed by atoms with Gasteiger partial charge in [-0.2, -0.15) is 0 Å². The Bertz CT molecular complexity index is 344. The summed E-state index contributed by atoms with van der Waals surface area (Å²) < 4.78 is 8.53. The average Bonchev–Trinajstić information content (AvgIpc) is 2.59. The summed E-state index contributed by atoms with van der Waals surface area (Å²) in [7, 11) is 0. The van der Waals surface area contributed by atoms with Crippen molar-refractivity contribution in [3.8, 4) is 0 Å². The number of benzene rings is 1. The normalized spacial score (nSPS) is 25.9. The first-order valence-electron chi connectivity index (χ1n) is 6.85. The Balaban J connectivity index is 1.98. The summed E-state index contributed by atoms with van der Waals surface area (Å²) in [5.41, 5.74) is 1.31. The van der Waals surface area contributed by atoms with E-state index in [-0.39, 0.29) is 6.10 Å². The minimum atomic E-state index is 0.249. The molecule has 2 nitrogen and oxygen atoms in total. The molecule has 2 rings (SSSR count). The smallest absolute Gasteiger partial charge is 0.0863 e. The molecular formula is C15H23NOS. The fourth-order valence-electron chi connectivity index (χ4n) is 2.36. The Labute approximate surface area is 115 Å². The Hall–Kier alpha value is -0.510. The number of ether oxygens (including phenoxy) is 1. The van der Waals surface area contributed by atoms with Crippen LogP contribution in [0.4, 0.5) is 0 Å². The molecular weight excluding hydrogens is 242 g/mol. The van der Waals surface area contributed by atoms with Gasteiger partial charge in [0.05, 0.1) is 12.7 Å². The lowest BCUT2D eigenvalue weighted by Gasteiger charge is -2.24. The molecule has 0 radical (unpaired) electrons. The number of hydrogen-bond acceptors (Lipinski definition) is 3. The minimum Gasteiger partial charge on any atom is -0.372 e. The molecule has 0 amide bonds. The Morgan fingerprint density at radius 1 is 1.33 bits per heavy atom. The highest BCUT2D eigenvalue weighted by atomic mass is 32.2. The molecule has 1 aliphatic rings. The van der Waals surface area contributed by atoms with E-state index in [1.165, 1.54) is 17.7 Å². The van der Waals surface area contributed by atoms with Gasteiger partial charge in [-0.05, 0) is 12.0 Å². The molecule has 18 heavy (non-hydrogen) atoms. The first-order chi connectivity index (χ1) is 8.81. The van der Waals surface area contributed by atoms with Crippen LogP contribution in [0.3, 0.4) is 0 Å². The van der Waals surface area contributed by atoms with Crippen molar-refractivity contribution in [1.82, 2.24) is 4.31 Å². The third-order valence-corrected chi connectivity index (χ3v) is 4.54. The minimum absolute atomic E-state index is 0.249. The van der Waals surface area contributed by atoms with E-state index in [1.54, 1.807) is 0 Å². The molecule has 3 heteroatoms. The molecule has 0 N–H and O–H groups in total. The number of hydrogen-bond donors (Lipinski definition) is 0. The molecule has 2 unspecified atom stereocenters. The first-order valence-corrected chi connectivity index (χ1v) is 7.80. The summed E-state index contributed by atoms with van der Waals surface area (Å²) in [6.07, 6.45) is 1.48. The van der Waals surface area contributed by atoms with Crippen molar-refractivity contribution in [3.05, 3.63) is 35.9 Å². The van der Waals surface area contributed by atoms with Crippen molar-refractivity contribution in [1.29, 1.82) is 0 Å². The van der Waals surface area contributed by atoms with Gasteiger partial charge in [0.15, 0.2) is 0 Å². The zero-order chi connectivity index (χ0) is 12.8. The van der Waals surface area contributed by atoms with E-state index in [0.717, 1.165) is 19.7 Å². The molecule has 1 aromatic carbocycles. The van der Waals surface area contributed by atoms with E-state index in [1.807, 2.05) is 11.9 Å². The largest absolute Gasteiger partial charge is 0.372 e. The molecule has 0 aromatic heterocycles. The molecule has 0 bridgehead atoms. The van der Waals surface area contributed by atoms with Gasteiger partial charge in [-0.1, -0.05) is 56.1 Å². The zero-order valence-corrected chi connectivity index (χ0v) is 12.2. The Kier molecular flexibility index (Phi) is 5.54. The lowest BCUT2D eigenvalue weighted by molar-refractivity contribution is 0.0360. The van der Waals surface area contributed by atoms with Crippen LogP contribution in [0.2, 0.25) is 0 Å². The van der Waals surface area contributed by atoms with Gasteiger partial charge in [-0.15, -0.1) is 0 Å². The quantitative estimate of drug-likeness (QED) is 0.769. The van der Waals surface area contributed by atoms with Crippen LogP contribution in [0, 0.1) is 5.92 Å². The van der Waals surface area contributed by atoms with Crippen molar-refractivity contribution in [2.24, 2.45) is 5.92 Å². The van der Waals surface area contributed by atoms with E-state index < -0.39 is 0 Å². The van der Waals surface area contributed by atoms with Gasteiger partial charge < -0.3 is 4.74 Å². The SMILES string of the molecule is CCCSN1CCOC(c2ccccc2)C(C)C1. The van der Waals surface area contributed by atoms with E-state index in [9.17, 15) is 0 Å². The lowest BCUT2D eigenvalue weighted by atomic mass is 9.97. The lowest BCUT2D eigenvalue weighted by Crippen LogP contribution is -2.23. The van der Waals surface area contributed by atoms with Gasteiger partial charge in [0.1, 0.15) is 0 Å². The molecule has 1 heterocycles.